The molecule has 35 heavy (non-hydrogen) atoms. The number of Topliss-reactive ketones (excluding diaryl/α,β-unsaturated/α-hetero) is 1. The van der Waals surface area contributed by atoms with E-state index in [0.29, 0.717) is 17.4 Å². The van der Waals surface area contributed by atoms with Gasteiger partial charge < -0.3 is 5.32 Å². The maximum atomic E-state index is 14.6. The van der Waals surface area contributed by atoms with E-state index in [1.807, 2.05) is 5.32 Å². The maximum Gasteiger partial charge on any atom is 0.438 e. The number of carbonyl (C=O) groups excluding carboxylic acids is 2. The fourth-order valence-electron chi connectivity index (χ4n) is 5.34. The summed E-state index contributed by atoms with van der Waals surface area (Å²) in [6.07, 6.45) is -3.15. The van der Waals surface area contributed by atoms with E-state index < -0.39 is 51.1 Å². The van der Waals surface area contributed by atoms with Crippen LogP contribution in [0, 0.1) is 5.92 Å². The van der Waals surface area contributed by atoms with Crippen LogP contribution < -0.4 is 5.32 Å². The molecule has 1 saturated heterocycles. The molecular formula is C21H21Cl2F3N4O4S. The summed E-state index contributed by atoms with van der Waals surface area (Å²) in [5, 5.41) is 1.46. The van der Waals surface area contributed by atoms with Gasteiger partial charge in [-0.25, -0.2) is 17.7 Å². The van der Waals surface area contributed by atoms with Gasteiger partial charge in [-0.3, -0.25) is 14.2 Å². The standard InChI is InChI=1S/C21H21Cl2F3N4O4S/c22-13-7-15-16(8-14(13)23)30-18(27-15)9-17(31)20(30,21(24,25)26)28-19(32)11-5-6-29(10-11)35(33,34)12-3-1-2-4-12/h7-8,11-12H,1-6,9-10H2,(H,28,32)/t11-,20?/m1/s1. The maximum absolute atomic E-state index is 14.6. The van der Waals surface area contributed by atoms with E-state index in [0.717, 1.165) is 12.8 Å². The van der Waals surface area contributed by atoms with E-state index >= 15 is 0 Å². The van der Waals surface area contributed by atoms with Crippen LogP contribution in [0.1, 0.15) is 37.9 Å². The van der Waals surface area contributed by atoms with E-state index in [9.17, 15) is 31.2 Å². The highest BCUT2D eigenvalue weighted by atomic mass is 35.5. The van der Waals surface area contributed by atoms with Gasteiger partial charge in [0.15, 0.2) is 5.78 Å². The Labute approximate surface area is 208 Å². The summed E-state index contributed by atoms with van der Waals surface area (Å²) < 4.78 is 71.4. The quantitative estimate of drug-likeness (QED) is 0.626. The number of hydrogen-bond acceptors (Lipinski definition) is 5. The van der Waals surface area contributed by atoms with E-state index in [4.69, 9.17) is 23.2 Å². The predicted molar refractivity (Wildman–Crippen MR) is 121 cm³/mol. The first-order valence-corrected chi connectivity index (χ1v) is 13.4. The first-order chi connectivity index (χ1) is 16.4. The van der Waals surface area contributed by atoms with Crippen LogP contribution in [0.25, 0.3) is 11.0 Å². The van der Waals surface area contributed by atoms with Crippen LogP contribution in [0.2, 0.25) is 10.0 Å². The Morgan fingerprint density at radius 2 is 1.80 bits per heavy atom. The van der Waals surface area contributed by atoms with Gasteiger partial charge in [0, 0.05) is 13.1 Å². The number of carbonyl (C=O) groups is 2. The molecule has 2 fully saturated rings. The van der Waals surface area contributed by atoms with Crippen molar-refractivity contribution in [1.29, 1.82) is 0 Å². The molecule has 2 aliphatic heterocycles. The molecule has 1 aromatic carbocycles. The van der Waals surface area contributed by atoms with Gasteiger partial charge in [-0.1, -0.05) is 36.0 Å². The monoisotopic (exact) mass is 552 g/mol. The summed E-state index contributed by atoms with van der Waals surface area (Å²) in [5.41, 5.74) is -3.39. The Kier molecular flexibility index (Phi) is 5.89. The fraction of sp³-hybridized carbons (Fsp3) is 0.571. The van der Waals surface area contributed by atoms with Gasteiger partial charge in [-0.2, -0.15) is 13.2 Å². The molecule has 0 bridgehead atoms. The number of nitrogens with one attached hydrogen (secondary N) is 1. The minimum Gasteiger partial charge on any atom is -0.319 e. The van der Waals surface area contributed by atoms with Crippen LogP contribution in [0.5, 0.6) is 0 Å². The number of rotatable bonds is 4. The Balaban J connectivity index is 1.48. The van der Waals surface area contributed by atoms with Crippen molar-refractivity contribution in [3.63, 3.8) is 0 Å². The number of benzene rings is 1. The van der Waals surface area contributed by atoms with Crippen LogP contribution in [-0.2, 0) is 31.7 Å². The van der Waals surface area contributed by atoms with Gasteiger partial charge in [-0.15, -0.1) is 0 Å². The molecule has 0 radical (unpaired) electrons. The molecule has 3 heterocycles. The third-order valence-electron chi connectivity index (χ3n) is 7.14. The summed E-state index contributed by atoms with van der Waals surface area (Å²) in [5.74, 6) is -3.55. The highest BCUT2D eigenvalue weighted by Crippen LogP contribution is 2.45. The van der Waals surface area contributed by atoms with E-state index in [-0.39, 0.29) is 46.4 Å². The molecule has 3 aliphatic rings. The van der Waals surface area contributed by atoms with Crippen LogP contribution >= 0.6 is 23.2 Å². The van der Waals surface area contributed by atoms with Gasteiger partial charge in [0.25, 0.3) is 5.66 Å². The zero-order chi connectivity index (χ0) is 25.3. The van der Waals surface area contributed by atoms with Crippen molar-refractivity contribution >= 4 is 55.9 Å². The van der Waals surface area contributed by atoms with Crippen LogP contribution in [0.3, 0.4) is 0 Å². The lowest BCUT2D eigenvalue weighted by Gasteiger charge is -2.34. The number of sulfonamides is 1. The molecule has 1 N–H and O–H groups in total. The zero-order valence-electron chi connectivity index (χ0n) is 18.2. The predicted octanol–water partition coefficient (Wildman–Crippen LogP) is 3.39. The van der Waals surface area contributed by atoms with Gasteiger partial charge >= 0.3 is 6.18 Å². The Bertz CT molecular complexity index is 1340. The van der Waals surface area contributed by atoms with Gasteiger partial charge in [0.2, 0.25) is 15.9 Å². The highest BCUT2D eigenvalue weighted by molar-refractivity contribution is 7.89. The molecule has 1 aromatic heterocycles. The normalized spacial score (nSPS) is 26.1. The first kappa shape index (κ1) is 24.8. The molecule has 2 atom stereocenters. The molecule has 1 unspecified atom stereocenters. The third-order valence-corrected chi connectivity index (χ3v) is 10.2. The summed E-state index contributed by atoms with van der Waals surface area (Å²) in [4.78, 5) is 30.1. The average Bonchev–Trinajstić information content (AvgIpc) is 3.54. The fourth-order valence-corrected chi connectivity index (χ4v) is 7.76. The topological polar surface area (TPSA) is 101 Å². The first-order valence-electron chi connectivity index (χ1n) is 11.1. The Hall–Kier alpha value is -1.89. The second-order valence-corrected chi connectivity index (χ2v) is 12.2. The number of nitrogens with zero attached hydrogens (tertiary/aromatic N) is 3. The Morgan fingerprint density at radius 3 is 2.46 bits per heavy atom. The van der Waals surface area contributed by atoms with Crippen molar-refractivity contribution in [3.8, 4) is 0 Å². The lowest BCUT2D eigenvalue weighted by atomic mass is 10.0. The SMILES string of the molecule is O=C(NC1(C(F)(F)F)C(=O)Cc2nc3cc(Cl)c(Cl)cc3n21)[C@@H]1CCN(S(=O)(=O)C2CCCC2)C1. The third kappa shape index (κ3) is 3.75. The van der Waals surface area contributed by atoms with Crippen molar-refractivity contribution < 1.29 is 31.2 Å². The minimum absolute atomic E-state index is 0.0350. The van der Waals surface area contributed by atoms with Crippen molar-refractivity contribution in [2.45, 2.75) is 55.6 Å². The van der Waals surface area contributed by atoms with E-state index in [2.05, 4.69) is 4.98 Å². The van der Waals surface area contributed by atoms with Crippen molar-refractivity contribution in [2.24, 2.45) is 5.92 Å². The molecule has 1 saturated carbocycles. The summed E-state index contributed by atoms with van der Waals surface area (Å²) in [7, 11) is -3.64. The van der Waals surface area contributed by atoms with Crippen molar-refractivity contribution in [1.82, 2.24) is 19.2 Å². The van der Waals surface area contributed by atoms with Crippen LogP contribution in [0.4, 0.5) is 13.2 Å². The van der Waals surface area contributed by atoms with Gasteiger partial charge in [0.05, 0.1) is 38.7 Å². The number of amides is 1. The highest BCUT2D eigenvalue weighted by Gasteiger charge is 2.67. The van der Waals surface area contributed by atoms with Crippen LogP contribution in [0.15, 0.2) is 12.1 Å². The lowest BCUT2D eigenvalue weighted by Crippen LogP contribution is -2.63. The van der Waals surface area contributed by atoms with E-state index in [1.165, 1.54) is 16.4 Å². The largest absolute Gasteiger partial charge is 0.438 e. The van der Waals surface area contributed by atoms with Crippen molar-refractivity contribution in [3.05, 3.63) is 28.0 Å². The molecule has 190 valence electrons. The number of hydrogen-bond donors (Lipinski definition) is 1. The number of ketones is 1. The number of fused-ring (bicyclic) bond motifs is 3. The van der Waals surface area contributed by atoms with Crippen molar-refractivity contribution in [2.75, 3.05) is 13.1 Å². The molecule has 5 rings (SSSR count). The average molecular weight is 553 g/mol. The smallest absolute Gasteiger partial charge is 0.319 e. The second-order valence-electron chi connectivity index (χ2n) is 9.21. The minimum atomic E-state index is -5.21. The zero-order valence-corrected chi connectivity index (χ0v) is 20.6. The number of alkyl halides is 3. The number of imidazole rings is 1. The molecular weight excluding hydrogens is 532 g/mol. The molecule has 1 aliphatic carbocycles. The summed E-state index contributed by atoms with van der Waals surface area (Å²) >= 11 is 12.0. The Morgan fingerprint density at radius 1 is 1.14 bits per heavy atom. The van der Waals surface area contributed by atoms with Gasteiger partial charge in [-0.05, 0) is 31.4 Å². The van der Waals surface area contributed by atoms with Crippen LogP contribution in [-0.4, -0.2) is 58.5 Å². The molecule has 0 spiro atoms. The number of halogens is 5. The number of aromatic nitrogens is 2. The summed E-state index contributed by atoms with van der Waals surface area (Å²) in [6.45, 7) is -0.191. The molecule has 1 amide bonds. The molecule has 14 heteroatoms. The molecule has 8 nitrogen and oxygen atoms in total. The van der Waals surface area contributed by atoms with E-state index in [1.54, 1.807) is 0 Å². The summed E-state index contributed by atoms with van der Waals surface area (Å²) in [6, 6.07) is 2.47. The molecule has 2 aromatic rings. The lowest BCUT2D eigenvalue weighted by molar-refractivity contribution is -0.219. The second kappa shape index (κ2) is 8.32. The van der Waals surface area contributed by atoms with Gasteiger partial charge in [0.1, 0.15) is 5.82 Å².